The zero-order valence-corrected chi connectivity index (χ0v) is 19.1. The summed E-state index contributed by atoms with van der Waals surface area (Å²) < 4.78 is 12.2. The summed E-state index contributed by atoms with van der Waals surface area (Å²) in [4.78, 5) is 0. The van der Waals surface area contributed by atoms with Crippen molar-refractivity contribution in [1.29, 1.82) is 0 Å². The van der Waals surface area contributed by atoms with Gasteiger partial charge in [0.25, 0.3) is 0 Å². The third kappa shape index (κ3) is 11.8. The lowest BCUT2D eigenvalue weighted by Crippen LogP contribution is -2.12. The van der Waals surface area contributed by atoms with Gasteiger partial charge in [0.2, 0.25) is 0 Å². The molecule has 0 aromatic heterocycles. The van der Waals surface area contributed by atoms with E-state index in [1.165, 1.54) is 128 Å². The van der Waals surface area contributed by atoms with Crippen molar-refractivity contribution in [3.8, 4) is 0 Å². The molecule has 2 atom stereocenters. The lowest BCUT2D eigenvalue weighted by Gasteiger charge is -2.15. The Morgan fingerprint density at radius 1 is 0.571 bits per heavy atom. The molecule has 0 aliphatic heterocycles. The molecular formula is C26H50O2. The molecule has 0 heterocycles. The predicted molar refractivity (Wildman–Crippen MR) is 121 cm³/mol. The van der Waals surface area contributed by atoms with Crippen LogP contribution in [0.1, 0.15) is 135 Å². The van der Waals surface area contributed by atoms with Crippen LogP contribution in [0.4, 0.5) is 0 Å². The minimum atomic E-state index is 0.546. The average Bonchev–Trinajstić information content (AvgIpc) is 3.38. The second-order valence-corrected chi connectivity index (χ2v) is 9.63. The number of hydrogen-bond acceptors (Lipinski definition) is 2. The fourth-order valence-corrected chi connectivity index (χ4v) is 5.09. The molecule has 2 rings (SSSR count). The maximum absolute atomic E-state index is 6.16. The fourth-order valence-electron chi connectivity index (χ4n) is 5.09. The van der Waals surface area contributed by atoms with Gasteiger partial charge in [-0.15, -0.1) is 0 Å². The molecule has 0 radical (unpaired) electrons. The van der Waals surface area contributed by atoms with Crippen LogP contribution < -0.4 is 0 Å². The molecule has 2 fully saturated rings. The molecule has 2 nitrogen and oxygen atoms in total. The highest BCUT2D eigenvalue weighted by Gasteiger charge is 2.25. The van der Waals surface area contributed by atoms with Crippen molar-refractivity contribution >= 4 is 0 Å². The van der Waals surface area contributed by atoms with Crippen molar-refractivity contribution in [1.82, 2.24) is 0 Å². The summed E-state index contributed by atoms with van der Waals surface area (Å²) in [6, 6.07) is 0. The average molecular weight is 395 g/mol. The first-order chi connectivity index (χ1) is 13.9. The third-order valence-electron chi connectivity index (χ3n) is 7.03. The molecule has 166 valence electrons. The van der Waals surface area contributed by atoms with Crippen molar-refractivity contribution in [3.05, 3.63) is 0 Å². The van der Waals surface area contributed by atoms with E-state index in [9.17, 15) is 0 Å². The summed E-state index contributed by atoms with van der Waals surface area (Å²) in [6.07, 6.45) is 28.7. The Labute approximate surface area is 176 Å². The Kier molecular flexibility index (Phi) is 14.4. The van der Waals surface area contributed by atoms with E-state index in [4.69, 9.17) is 9.47 Å². The van der Waals surface area contributed by atoms with Gasteiger partial charge in [-0.2, -0.15) is 0 Å². The van der Waals surface area contributed by atoms with Gasteiger partial charge in [0.1, 0.15) is 0 Å². The van der Waals surface area contributed by atoms with Crippen LogP contribution in [-0.2, 0) is 9.47 Å². The van der Waals surface area contributed by atoms with Crippen LogP contribution in [0, 0.1) is 5.92 Å². The van der Waals surface area contributed by atoms with E-state index in [0.717, 1.165) is 19.1 Å². The van der Waals surface area contributed by atoms with E-state index in [1.807, 2.05) is 0 Å². The normalized spacial score (nSPS) is 23.0. The summed E-state index contributed by atoms with van der Waals surface area (Å²) >= 11 is 0. The van der Waals surface area contributed by atoms with E-state index in [1.54, 1.807) is 0 Å². The van der Waals surface area contributed by atoms with Crippen LogP contribution in [-0.4, -0.2) is 25.4 Å². The maximum Gasteiger partial charge on any atom is 0.0577 e. The fraction of sp³-hybridized carbons (Fsp3) is 1.00. The highest BCUT2D eigenvalue weighted by molar-refractivity contribution is 4.76. The predicted octanol–water partition coefficient (Wildman–Crippen LogP) is 8.22. The summed E-state index contributed by atoms with van der Waals surface area (Å²) in [5.74, 6) is 0.855. The van der Waals surface area contributed by atoms with Gasteiger partial charge in [0.05, 0.1) is 12.2 Å². The Hall–Kier alpha value is -0.0800. The Morgan fingerprint density at radius 3 is 1.79 bits per heavy atom. The topological polar surface area (TPSA) is 18.5 Å². The van der Waals surface area contributed by atoms with Gasteiger partial charge < -0.3 is 9.47 Å². The molecule has 28 heavy (non-hydrogen) atoms. The van der Waals surface area contributed by atoms with Crippen LogP contribution in [0.25, 0.3) is 0 Å². The summed E-state index contributed by atoms with van der Waals surface area (Å²) in [7, 11) is 0. The molecule has 2 aliphatic rings. The minimum Gasteiger partial charge on any atom is -0.378 e. The highest BCUT2D eigenvalue weighted by atomic mass is 16.5. The number of ether oxygens (including phenoxy) is 2. The Morgan fingerprint density at radius 2 is 1.14 bits per heavy atom. The second kappa shape index (κ2) is 16.7. The molecule has 0 amide bonds. The van der Waals surface area contributed by atoms with Crippen LogP contribution in [0.15, 0.2) is 0 Å². The van der Waals surface area contributed by atoms with Crippen LogP contribution in [0.5, 0.6) is 0 Å². The van der Waals surface area contributed by atoms with Crippen LogP contribution in [0.3, 0.4) is 0 Å². The molecule has 2 saturated carbocycles. The first-order valence-corrected chi connectivity index (χ1v) is 13.1. The van der Waals surface area contributed by atoms with Gasteiger partial charge in [-0.1, -0.05) is 90.4 Å². The van der Waals surface area contributed by atoms with Crippen molar-refractivity contribution in [3.63, 3.8) is 0 Å². The second-order valence-electron chi connectivity index (χ2n) is 9.63. The van der Waals surface area contributed by atoms with Crippen molar-refractivity contribution < 1.29 is 9.47 Å². The number of hydrogen-bond donors (Lipinski definition) is 0. The summed E-state index contributed by atoms with van der Waals surface area (Å²) in [6.45, 7) is 4.28. The van der Waals surface area contributed by atoms with Crippen molar-refractivity contribution in [2.75, 3.05) is 13.2 Å². The van der Waals surface area contributed by atoms with E-state index in [-0.39, 0.29) is 0 Å². The summed E-state index contributed by atoms with van der Waals surface area (Å²) in [5.41, 5.74) is 0. The van der Waals surface area contributed by atoms with E-state index < -0.39 is 0 Å². The van der Waals surface area contributed by atoms with Gasteiger partial charge >= 0.3 is 0 Å². The molecule has 2 heteroatoms. The Bertz CT molecular complexity index is 337. The molecule has 0 aromatic rings. The Balaban J connectivity index is 1.29. The standard InChI is InChI=1S/C26H50O2/c1-2-3-4-5-6-7-8-9-10-11-12-15-21-27-26-19-18-24(23-26)20-22-28-25-16-13-14-17-25/h24-26H,2-23H2,1H3. The molecular weight excluding hydrogens is 344 g/mol. The zero-order chi connectivity index (χ0) is 19.7. The molecule has 0 bridgehead atoms. The maximum atomic E-state index is 6.16. The van der Waals surface area contributed by atoms with Gasteiger partial charge in [-0.05, 0) is 50.9 Å². The SMILES string of the molecule is CCCCCCCCCCCCCCOC1CCC(CCOC2CCCC2)C1. The van der Waals surface area contributed by atoms with Crippen molar-refractivity contribution in [2.24, 2.45) is 5.92 Å². The smallest absolute Gasteiger partial charge is 0.0577 e. The third-order valence-corrected chi connectivity index (χ3v) is 7.03. The van der Waals surface area contributed by atoms with Gasteiger partial charge in [0, 0.05) is 13.2 Å². The molecule has 0 aromatic carbocycles. The van der Waals surface area contributed by atoms with Gasteiger partial charge in [0.15, 0.2) is 0 Å². The molecule has 2 aliphatic carbocycles. The van der Waals surface area contributed by atoms with E-state index in [0.29, 0.717) is 12.2 Å². The number of rotatable bonds is 18. The molecule has 0 saturated heterocycles. The molecule has 2 unspecified atom stereocenters. The van der Waals surface area contributed by atoms with E-state index >= 15 is 0 Å². The first kappa shape index (κ1) is 24.2. The van der Waals surface area contributed by atoms with Gasteiger partial charge in [-0.3, -0.25) is 0 Å². The lowest BCUT2D eigenvalue weighted by atomic mass is 10.0. The lowest BCUT2D eigenvalue weighted by molar-refractivity contribution is 0.0400. The molecule has 0 N–H and O–H groups in total. The summed E-state index contributed by atoms with van der Waals surface area (Å²) in [5, 5.41) is 0. The largest absolute Gasteiger partial charge is 0.378 e. The van der Waals surface area contributed by atoms with Crippen molar-refractivity contribution in [2.45, 2.75) is 148 Å². The number of unbranched alkanes of at least 4 members (excludes halogenated alkanes) is 11. The quantitative estimate of drug-likeness (QED) is 0.218. The van der Waals surface area contributed by atoms with Crippen LogP contribution >= 0.6 is 0 Å². The first-order valence-electron chi connectivity index (χ1n) is 13.1. The van der Waals surface area contributed by atoms with Crippen LogP contribution in [0.2, 0.25) is 0 Å². The van der Waals surface area contributed by atoms with Gasteiger partial charge in [-0.25, -0.2) is 0 Å². The zero-order valence-electron chi connectivity index (χ0n) is 19.1. The molecule has 0 spiro atoms. The monoisotopic (exact) mass is 394 g/mol. The van der Waals surface area contributed by atoms with E-state index in [2.05, 4.69) is 6.92 Å². The highest BCUT2D eigenvalue weighted by Crippen LogP contribution is 2.31. The minimum absolute atomic E-state index is 0.546.